The zero-order chi connectivity index (χ0) is 13.7. The first-order valence-corrected chi connectivity index (χ1v) is 5.89. The second kappa shape index (κ2) is 6.34. The molecule has 0 aliphatic heterocycles. The number of carboxylic acid groups (broad SMARTS) is 2. The van der Waals surface area contributed by atoms with Crippen molar-refractivity contribution in [3.8, 4) is 0 Å². The molecule has 7 nitrogen and oxygen atoms in total. The van der Waals surface area contributed by atoms with Gasteiger partial charge in [0.1, 0.15) is 0 Å². The summed E-state index contributed by atoms with van der Waals surface area (Å²) in [5.41, 5.74) is 5.54. The van der Waals surface area contributed by atoms with E-state index >= 15 is 0 Å². The van der Waals surface area contributed by atoms with Gasteiger partial charge in [-0.25, -0.2) is 0 Å². The summed E-state index contributed by atoms with van der Waals surface area (Å²) < 4.78 is 0. The molecule has 0 aromatic carbocycles. The van der Waals surface area contributed by atoms with Crippen molar-refractivity contribution in [3.63, 3.8) is 0 Å². The van der Waals surface area contributed by atoms with Crippen LogP contribution in [0.25, 0.3) is 0 Å². The number of hydrogen-bond acceptors (Lipinski definition) is 4. The van der Waals surface area contributed by atoms with Crippen molar-refractivity contribution < 1.29 is 24.6 Å². The van der Waals surface area contributed by atoms with Crippen LogP contribution < -0.4 is 11.1 Å². The molecule has 2 atom stereocenters. The van der Waals surface area contributed by atoms with Gasteiger partial charge in [0.25, 0.3) is 0 Å². The van der Waals surface area contributed by atoms with E-state index in [1.165, 1.54) is 0 Å². The van der Waals surface area contributed by atoms with E-state index in [0.717, 1.165) is 12.8 Å². The van der Waals surface area contributed by atoms with Crippen molar-refractivity contribution in [2.24, 2.45) is 11.7 Å². The Morgan fingerprint density at radius 1 is 1.22 bits per heavy atom. The Balaban J connectivity index is 2.39. The lowest BCUT2D eigenvalue weighted by molar-refractivity contribution is -0.138. The van der Waals surface area contributed by atoms with Gasteiger partial charge in [-0.1, -0.05) is 0 Å². The Morgan fingerprint density at radius 2 is 1.83 bits per heavy atom. The summed E-state index contributed by atoms with van der Waals surface area (Å²) in [7, 11) is 0. The second-order valence-corrected chi connectivity index (χ2v) is 4.59. The molecule has 102 valence electrons. The normalized spacial score (nSPS) is 17.8. The zero-order valence-electron chi connectivity index (χ0n) is 9.96. The van der Waals surface area contributed by atoms with E-state index in [1.54, 1.807) is 0 Å². The lowest BCUT2D eigenvalue weighted by Gasteiger charge is -2.19. The first-order valence-electron chi connectivity index (χ1n) is 5.89. The number of hydrogen-bond donors (Lipinski definition) is 4. The molecule has 0 aromatic rings. The predicted octanol–water partition coefficient (Wildman–Crippen LogP) is -0.452. The number of nitrogens with two attached hydrogens (primary N) is 1. The average Bonchev–Trinajstić information content (AvgIpc) is 3.07. The molecule has 2 unspecified atom stereocenters. The van der Waals surface area contributed by atoms with Crippen molar-refractivity contribution in [3.05, 3.63) is 0 Å². The molecule has 7 heteroatoms. The van der Waals surface area contributed by atoms with E-state index in [1.807, 2.05) is 0 Å². The number of rotatable bonds is 8. The Hall–Kier alpha value is -1.63. The van der Waals surface area contributed by atoms with Gasteiger partial charge in [-0.3, -0.25) is 14.4 Å². The largest absolute Gasteiger partial charge is 0.481 e. The summed E-state index contributed by atoms with van der Waals surface area (Å²) >= 11 is 0. The van der Waals surface area contributed by atoms with Crippen molar-refractivity contribution >= 4 is 17.8 Å². The fourth-order valence-corrected chi connectivity index (χ4v) is 1.72. The van der Waals surface area contributed by atoms with E-state index in [-0.39, 0.29) is 25.2 Å². The van der Waals surface area contributed by atoms with Crippen LogP contribution in [0.5, 0.6) is 0 Å². The van der Waals surface area contributed by atoms with Gasteiger partial charge < -0.3 is 21.3 Å². The van der Waals surface area contributed by atoms with Gasteiger partial charge in [0.15, 0.2) is 0 Å². The number of nitrogens with one attached hydrogen (secondary N) is 1. The maximum atomic E-state index is 11.7. The Bertz CT molecular complexity index is 340. The van der Waals surface area contributed by atoms with Crippen LogP contribution in [0.3, 0.4) is 0 Å². The van der Waals surface area contributed by atoms with Crippen LogP contribution in [0.15, 0.2) is 0 Å². The molecule has 1 amide bonds. The van der Waals surface area contributed by atoms with Gasteiger partial charge in [0.05, 0.1) is 12.5 Å². The van der Waals surface area contributed by atoms with Gasteiger partial charge in [0, 0.05) is 12.5 Å². The van der Waals surface area contributed by atoms with E-state index in [2.05, 4.69) is 5.32 Å². The summed E-state index contributed by atoms with van der Waals surface area (Å²) in [5.74, 6) is -2.25. The first-order chi connectivity index (χ1) is 8.40. The molecular weight excluding hydrogens is 240 g/mol. The van der Waals surface area contributed by atoms with E-state index in [4.69, 9.17) is 15.9 Å². The van der Waals surface area contributed by atoms with Crippen LogP contribution >= 0.6 is 0 Å². The predicted molar refractivity (Wildman–Crippen MR) is 61.8 cm³/mol. The molecule has 0 saturated heterocycles. The third kappa shape index (κ3) is 5.13. The van der Waals surface area contributed by atoms with Crippen LogP contribution in [0.2, 0.25) is 0 Å². The minimum atomic E-state index is -1.01. The van der Waals surface area contributed by atoms with E-state index in [9.17, 15) is 14.4 Å². The third-order valence-corrected chi connectivity index (χ3v) is 2.92. The van der Waals surface area contributed by atoms with Gasteiger partial charge >= 0.3 is 11.9 Å². The van der Waals surface area contributed by atoms with Crippen LogP contribution in [0.4, 0.5) is 0 Å². The van der Waals surface area contributed by atoms with Crippen LogP contribution in [-0.2, 0) is 14.4 Å². The van der Waals surface area contributed by atoms with Crippen molar-refractivity contribution in [2.75, 3.05) is 0 Å². The molecule has 0 radical (unpaired) electrons. The topological polar surface area (TPSA) is 130 Å². The van der Waals surface area contributed by atoms with Gasteiger partial charge in [-0.2, -0.15) is 0 Å². The van der Waals surface area contributed by atoms with Crippen LogP contribution in [-0.4, -0.2) is 40.1 Å². The minimum absolute atomic E-state index is 0.0472. The van der Waals surface area contributed by atoms with Crippen LogP contribution in [0.1, 0.15) is 32.1 Å². The van der Waals surface area contributed by atoms with Crippen molar-refractivity contribution in [1.29, 1.82) is 0 Å². The lowest BCUT2D eigenvalue weighted by atomic mass is 10.1. The molecule has 0 aromatic heterocycles. The fraction of sp³-hybridized carbons (Fsp3) is 0.727. The maximum Gasteiger partial charge on any atom is 0.305 e. The van der Waals surface area contributed by atoms with E-state index < -0.39 is 29.9 Å². The molecule has 1 aliphatic rings. The fourth-order valence-electron chi connectivity index (χ4n) is 1.72. The standard InChI is InChI=1S/C11H18N2O5/c12-7(3-4-9(14)15)11(18)13-8(5-10(16)17)6-1-2-6/h6-8H,1-5,12H2,(H,13,18)(H,14,15)(H,16,17). The van der Waals surface area contributed by atoms with Crippen molar-refractivity contribution in [1.82, 2.24) is 5.32 Å². The molecule has 5 N–H and O–H groups in total. The highest BCUT2D eigenvalue weighted by Gasteiger charge is 2.34. The number of amides is 1. The summed E-state index contributed by atoms with van der Waals surface area (Å²) in [6, 6.07) is -1.30. The Morgan fingerprint density at radius 3 is 2.28 bits per heavy atom. The zero-order valence-corrected chi connectivity index (χ0v) is 9.96. The Kier molecular flexibility index (Phi) is 5.08. The maximum absolute atomic E-state index is 11.7. The quantitative estimate of drug-likeness (QED) is 0.466. The third-order valence-electron chi connectivity index (χ3n) is 2.92. The van der Waals surface area contributed by atoms with Crippen molar-refractivity contribution in [2.45, 2.75) is 44.2 Å². The first kappa shape index (κ1) is 14.4. The summed E-state index contributed by atoms with van der Waals surface area (Å²) in [6.45, 7) is 0. The second-order valence-electron chi connectivity index (χ2n) is 4.59. The van der Waals surface area contributed by atoms with Gasteiger partial charge in [0.2, 0.25) is 5.91 Å². The molecule has 1 fully saturated rings. The molecular formula is C11H18N2O5. The average molecular weight is 258 g/mol. The highest BCUT2D eigenvalue weighted by molar-refractivity contribution is 5.83. The number of carbonyl (C=O) groups excluding carboxylic acids is 1. The minimum Gasteiger partial charge on any atom is -0.481 e. The number of carboxylic acids is 2. The molecule has 0 heterocycles. The Labute approximate surface area is 104 Å². The molecule has 1 aliphatic carbocycles. The number of aliphatic carboxylic acids is 2. The van der Waals surface area contributed by atoms with Crippen LogP contribution in [0, 0.1) is 5.92 Å². The monoisotopic (exact) mass is 258 g/mol. The molecule has 1 rings (SSSR count). The molecule has 0 bridgehead atoms. The number of carbonyl (C=O) groups is 3. The highest BCUT2D eigenvalue weighted by atomic mass is 16.4. The molecule has 0 spiro atoms. The highest BCUT2D eigenvalue weighted by Crippen LogP contribution is 2.34. The van der Waals surface area contributed by atoms with E-state index in [0.29, 0.717) is 0 Å². The van der Waals surface area contributed by atoms with Gasteiger partial charge in [-0.15, -0.1) is 0 Å². The molecule has 1 saturated carbocycles. The summed E-state index contributed by atoms with van der Waals surface area (Å²) in [5, 5.41) is 19.8. The smallest absolute Gasteiger partial charge is 0.305 e. The summed E-state index contributed by atoms with van der Waals surface area (Å²) in [4.78, 5) is 32.7. The van der Waals surface area contributed by atoms with Gasteiger partial charge in [-0.05, 0) is 25.2 Å². The SMILES string of the molecule is NC(CCC(=O)O)C(=O)NC(CC(=O)O)C1CC1. The summed E-state index contributed by atoms with van der Waals surface area (Å²) in [6.07, 6.45) is 1.56. The lowest BCUT2D eigenvalue weighted by Crippen LogP contribution is -2.47. The molecule has 18 heavy (non-hydrogen) atoms.